The zero-order valence-electron chi connectivity index (χ0n) is 7.76. The molecule has 0 amide bonds. The maximum absolute atomic E-state index is 5.52. The molecule has 0 aliphatic carbocycles. The first kappa shape index (κ1) is 10.7. The fourth-order valence-electron chi connectivity index (χ4n) is 1.34. The summed E-state index contributed by atoms with van der Waals surface area (Å²) in [6.45, 7) is 0.710. The van der Waals surface area contributed by atoms with E-state index in [0.717, 1.165) is 10.9 Å². The lowest BCUT2D eigenvalue weighted by molar-refractivity contribution is 0.556. The minimum absolute atomic E-state index is 0.373. The smallest absolute Gasteiger partial charge is 0.0329 e. The summed E-state index contributed by atoms with van der Waals surface area (Å²) in [6.07, 6.45) is 0.970. The molecule has 0 aliphatic heterocycles. The number of hydrogen-bond acceptors (Lipinski definition) is 2. The number of rotatable bonds is 4. The van der Waals surface area contributed by atoms with Crippen LogP contribution < -0.4 is 11.1 Å². The highest BCUT2D eigenvalue weighted by Gasteiger charge is 2.06. The van der Waals surface area contributed by atoms with Crippen molar-refractivity contribution in [2.24, 2.45) is 5.73 Å². The molecule has 0 fully saturated rings. The Kier molecular flexibility index (Phi) is 4.42. The van der Waals surface area contributed by atoms with Crippen LogP contribution in [-0.4, -0.2) is 13.6 Å². The maximum atomic E-state index is 5.52. The molecule has 0 heterocycles. The average Bonchev–Trinajstić information content (AvgIpc) is 2.16. The van der Waals surface area contributed by atoms with E-state index in [2.05, 4.69) is 45.5 Å². The van der Waals surface area contributed by atoms with Crippen LogP contribution in [0.5, 0.6) is 0 Å². The zero-order valence-corrected chi connectivity index (χ0v) is 9.34. The molecule has 0 radical (unpaired) electrons. The first-order chi connectivity index (χ1) is 6.27. The fraction of sp³-hybridized carbons (Fsp3) is 0.400. The van der Waals surface area contributed by atoms with Crippen molar-refractivity contribution in [3.63, 3.8) is 0 Å². The minimum Gasteiger partial charge on any atom is -0.330 e. The summed E-state index contributed by atoms with van der Waals surface area (Å²) in [4.78, 5) is 0. The third-order valence-electron chi connectivity index (χ3n) is 2.08. The quantitative estimate of drug-likeness (QED) is 0.849. The summed E-state index contributed by atoms with van der Waals surface area (Å²) >= 11 is 3.41. The number of hydrogen-bond donors (Lipinski definition) is 2. The van der Waals surface area contributed by atoms with E-state index >= 15 is 0 Å². The maximum Gasteiger partial charge on any atom is 0.0329 e. The van der Waals surface area contributed by atoms with Gasteiger partial charge in [-0.1, -0.05) is 28.1 Å². The van der Waals surface area contributed by atoms with Crippen LogP contribution in [0.2, 0.25) is 0 Å². The van der Waals surface area contributed by atoms with Crippen LogP contribution in [0.1, 0.15) is 18.0 Å². The van der Waals surface area contributed by atoms with Gasteiger partial charge in [0.25, 0.3) is 0 Å². The van der Waals surface area contributed by atoms with Crippen molar-refractivity contribution >= 4 is 15.9 Å². The topological polar surface area (TPSA) is 38.0 Å². The van der Waals surface area contributed by atoms with E-state index in [1.165, 1.54) is 5.56 Å². The molecule has 13 heavy (non-hydrogen) atoms. The number of halogens is 1. The van der Waals surface area contributed by atoms with Crippen LogP contribution in [0, 0.1) is 0 Å². The van der Waals surface area contributed by atoms with Gasteiger partial charge in [0.1, 0.15) is 0 Å². The lowest BCUT2D eigenvalue weighted by Gasteiger charge is -2.15. The molecule has 3 N–H and O–H groups in total. The van der Waals surface area contributed by atoms with Gasteiger partial charge in [-0.05, 0) is 37.7 Å². The van der Waals surface area contributed by atoms with Gasteiger partial charge in [0, 0.05) is 10.5 Å². The lowest BCUT2D eigenvalue weighted by atomic mass is 10.0. The fourth-order valence-corrected chi connectivity index (χ4v) is 1.60. The molecule has 72 valence electrons. The number of benzene rings is 1. The van der Waals surface area contributed by atoms with Crippen molar-refractivity contribution in [1.82, 2.24) is 5.32 Å². The van der Waals surface area contributed by atoms with Gasteiger partial charge in [0.05, 0.1) is 0 Å². The molecule has 0 spiro atoms. The summed E-state index contributed by atoms with van der Waals surface area (Å²) in [5.41, 5.74) is 6.81. The van der Waals surface area contributed by atoms with Crippen molar-refractivity contribution < 1.29 is 0 Å². The highest BCUT2D eigenvalue weighted by atomic mass is 79.9. The monoisotopic (exact) mass is 242 g/mol. The highest BCUT2D eigenvalue weighted by molar-refractivity contribution is 9.10. The van der Waals surface area contributed by atoms with E-state index in [1.807, 2.05) is 7.05 Å². The highest BCUT2D eigenvalue weighted by Crippen LogP contribution is 2.18. The second kappa shape index (κ2) is 5.37. The van der Waals surface area contributed by atoms with Gasteiger partial charge in [-0.3, -0.25) is 0 Å². The molecule has 3 heteroatoms. The van der Waals surface area contributed by atoms with Gasteiger partial charge in [-0.2, -0.15) is 0 Å². The summed E-state index contributed by atoms with van der Waals surface area (Å²) in [6, 6.07) is 8.70. The standard InChI is InChI=1S/C10H15BrN2/c1-13-10(6-7-12)8-2-4-9(11)5-3-8/h2-5,10,13H,6-7,12H2,1H3. The van der Waals surface area contributed by atoms with Gasteiger partial charge in [-0.25, -0.2) is 0 Å². The molecule has 1 unspecified atom stereocenters. The lowest BCUT2D eigenvalue weighted by Crippen LogP contribution is -2.19. The van der Waals surface area contributed by atoms with Crippen molar-refractivity contribution in [2.75, 3.05) is 13.6 Å². The van der Waals surface area contributed by atoms with Crippen LogP contribution in [0.4, 0.5) is 0 Å². The molecular formula is C10H15BrN2. The van der Waals surface area contributed by atoms with Crippen molar-refractivity contribution in [3.05, 3.63) is 34.3 Å². The van der Waals surface area contributed by atoms with Gasteiger partial charge in [0.2, 0.25) is 0 Å². The Morgan fingerprint density at radius 1 is 1.38 bits per heavy atom. The Balaban J connectivity index is 2.73. The SMILES string of the molecule is CNC(CCN)c1ccc(Br)cc1. The molecule has 0 saturated carbocycles. The zero-order chi connectivity index (χ0) is 9.68. The minimum atomic E-state index is 0.373. The Labute approximate surface area is 87.6 Å². The Morgan fingerprint density at radius 3 is 2.46 bits per heavy atom. The Morgan fingerprint density at radius 2 is 2.00 bits per heavy atom. The predicted molar refractivity (Wildman–Crippen MR) is 59.6 cm³/mol. The van der Waals surface area contributed by atoms with E-state index in [4.69, 9.17) is 5.73 Å². The van der Waals surface area contributed by atoms with Gasteiger partial charge >= 0.3 is 0 Å². The predicted octanol–water partition coefficient (Wildman–Crippen LogP) is 2.06. The normalized spacial score (nSPS) is 12.8. The van der Waals surface area contributed by atoms with Crippen LogP contribution in [0.25, 0.3) is 0 Å². The molecule has 1 aromatic rings. The largest absolute Gasteiger partial charge is 0.330 e. The van der Waals surface area contributed by atoms with E-state index in [9.17, 15) is 0 Å². The van der Waals surface area contributed by atoms with Crippen LogP contribution in [0.3, 0.4) is 0 Å². The van der Waals surface area contributed by atoms with Crippen LogP contribution in [-0.2, 0) is 0 Å². The molecule has 1 rings (SSSR count). The summed E-state index contributed by atoms with van der Waals surface area (Å²) in [5, 5.41) is 3.24. The molecule has 2 nitrogen and oxygen atoms in total. The van der Waals surface area contributed by atoms with Crippen LogP contribution >= 0.6 is 15.9 Å². The van der Waals surface area contributed by atoms with Gasteiger partial charge < -0.3 is 11.1 Å². The van der Waals surface area contributed by atoms with Gasteiger partial charge in [-0.15, -0.1) is 0 Å². The summed E-state index contributed by atoms with van der Waals surface area (Å²) in [5.74, 6) is 0. The summed E-state index contributed by atoms with van der Waals surface area (Å²) in [7, 11) is 1.96. The van der Waals surface area contributed by atoms with E-state index in [-0.39, 0.29) is 0 Å². The number of nitrogens with one attached hydrogen (secondary N) is 1. The third kappa shape index (κ3) is 3.10. The molecule has 1 atom stereocenters. The molecule has 0 saturated heterocycles. The molecule has 0 aromatic heterocycles. The number of nitrogens with two attached hydrogens (primary N) is 1. The van der Waals surface area contributed by atoms with E-state index < -0.39 is 0 Å². The van der Waals surface area contributed by atoms with Crippen molar-refractivity contribution in [2.45, 2.75) is 12.5 Å². The van der Waals surface area contributed by atoms with Crippen molar-refractivity contribution in [1.29, 1.82) is 0 Å². The first-order valence-corrected chi connectivity index (χ1v) is 5.20. The second-order valence-electron chi connectivity index (χ2n) is 2.97. The Hall–Kier alpha value is -0.380. The van der Waals surface area contributed by atoms with E-state index in [0.29, 0.717) is 12.6 Å². The van der Waals surface area contributed by atoms with Crippen LogP contribution in [0.15, 0.2) is 28.7 Å². The molecule has 1 aromatic carbocycles. The summed E-state index contributed by atoms with van der Waals surface area (Å²) < 4.78 is 1.11. The second-order valence-corrected chi connectivity index (χ2v) is 3.89. The third-order valence-corrected chi connectivity index (χ3v) is 2.60. The molecule has 0 bridgehead atoms. The first-order valence-electron chi connectivity index (χ1n) is 4.40. The molecular weight excluding hydrogens is 228 g/mol. The molecule has 0 aliphatic rings. The van der Waals surface area contributed by atoms with E-state index in [1.54, 1.807) is 0 Å². The van der Waals surface area contributed by atoms with Gasteiger partial charge in [0.15, 0.2) is 0 Å². The Bertz CT molecular complexity index is 246. The van der Waals surface area contributed by atoms with Crippen molar-refractivity contribution in [3.8, 4) is 0 Å². The average molecular weight is 243 g/mol.